The summed E-state index contributed by atoms with van der Waals surface area (Å²) in [4.78, 5) is 31.9. The number of hydrogen-bond donors (Lipinski definition) is 0. The Morgan fingerprint density at radius 1 is 0.909 bits per heavy atom. The summed E-state index contributed by atoms with van der Waals surface area (Å²) in [5.74, 6) is 1.29. The SMILES string of the molecule is Cc1ccc(-c2ccc(N3CCCN(C(=O)CN(C(=O)C4CCC4)C4CC4)CC3)nn2)cc1. The summed E-state index contributed by atoms with van der Waals surface area (Å²) in [6, 6.07) is 12.6. The summed E-state index contributed by atoms with van der Waals surface area (Å²) < 4.78 is 0. The van der Waals surface area contributed by atoms with E-state index in [1.807, 2.05) is 21.9 Å². The zero-order valence-electron chi connectivity index (χ0n) is 19.4. The van der Waals surface area contributed by atoms with Crippen LogP contribution in [0.4, 0.5) is 5.82 Å². The van der Waals surface area contributed by atoms with E-state index in [9.17, 15) is 9.59 Å². The highest BCUT2D eigenvalue weighted by Crippen LogP contribution is 2.34. The maximum absolute atomic E-state index is 13.1. The van der Waals surface area contributed by atoms with Gasteiger partial charge in [-0.25, -0.2) is 0 Å². The first-order valence-corrected chi connectivity index (χ1v) is 12.3. The number of anilines is 1. The molecule has 7 heteroatoms. The second-order valence-electron chi connectivity index (χ2n) is 9.69. The van der Waals surface area contributed by atoms with Gasteiger partial charge in [-0.3, -0.25) is 9.59 Å². The number of carbonyl (C=O) groups is 2. The fraction of sp³-hybridized carbons (Fsp3) is 0.538. The molecular weight excluding hydrogens is 414 g/mol. The molecule has 2 amide bonds. The lowest BCUT2D eigenvalue weighted by Crippen LogP contribution is -2.47. The number of rotatable bonds is 6. The lowest BCUT2D eigenvalue weighted by atomic mass is 9.84. The molecule has 2 aromatic rings. The Morgan fingerprint density at radius 2 is 1.70 bits per heavy atom. The molecule has 0 atom stereocenters. The molecule has 0 N–H and O–H groups in total. The Hall–Kier alpha value is -2.96. The minimum atomic E-state index is 0.0808. The van der Waals surface area contributed by atoms with Crippen LogP contribution in [0.5, 0.6) is 0 Å². The van der Waals surface area contributed by atoms with Gasteiger partial charge in [-0.1, -0.05) is 36.2 Å². The molecule has 0 spiro atoms. The van der Waals surface area contributed by atoms with E-state index in [1.165, 1.54) is 5.56 Å². The second-order valence-corrected chi connectivity index (χ2v) is 9.69. The third-order valence-corrected chi connectivity index (χ3v) is 7.20. The predicted octanol–water partition coefficient (Wildman–Crippen LogP) is 3.28. The number of aryl methyl sites for hydroxylation is 1. The van der Waals surface area contributed by atoms with E-state index >= 15 is 0 Å². The standard InChI is InChI=1S/C26H33N5O2/c1-19-6-8-20(9-7-19)23-12-13-24(28-27-23)29-14-3-15-30(17-16-29)25(32)18-31(22-10-11-22)26(33)21-4-2-5-21/h6-9,12-13,21-22H,2-5,10-11,14-18H2,1H3. The van der Waals surface area contributed by atoms with Crippen molar-refractivity contribution >= 4 is 17.6 Å². The van der Waals surface area contributed by atoms with Crippen molar-refractivity contribution in [3.63, 3.8) is 0 Å². The molecule has 1 aliphatic heterocycles. The van der Waals surface area contributed by atoms with E-state index in [-0.39, 0.29) is 30.3 Å². The van der Waals surface area contributed by atoms with Crippen molar-refractivity contribution in [2.45, 2.75) is 51.5 Å². The molecule has 0 radical (unpaired) electrons. The first kappa shape index (κ1) is 21.9. The molecule has 1 aromatic carbocycles. The molecule has 0 unspecified atom stereocenters. The molecule has 0 bridgehead atoms. The number of nitrogens with zero attached hydrogens (tertiary/aromatic N) is 5. The first-order chi connectivity index (χ1) is 16.1. The third-order valence-electron chi connectivity index (χ3n) is 7.20. The molecule has 2 aliphatic carbocycles. The van der Waals surface area contributed by atoms with Crippen LogP contribution in [0, 0.1) is 12.8 Å². The Kier molecular flexibility index (Phi) is 6.29. The Balaban J connectivity index is 1.18. The van der Waals surface area contributed by atoms with Gasteiger partial charge in [-0.05, 0) is 51.2 Å². The zero-order chi connectivity index (χ0) is 22.8. The summed E-state index contributed by atoms with van der Waals surface area (Å²) in [7, 11) is 0. The molecule has 3 aliphatic rings. The number of benzene rings is 1. The molecule has 3 fully saturated rings. The molecule has 33 heavy (non-hydrogen) atoms. The molecular formula is C26H33N5O2. The number of hydrogen-bond acceptors (Lipinski definition) is 5. The Labute approximate surface area is 195 Å². The van der Waals surface area contributed by atoms with Crippen LogP contribution in [0.25, 0.3) is 11.3 Å². The first-order valence-electron chi connectivity index (χ1n) is 12.3. The topological polar surface area (TPSA) is 69.6 Å². The van der Waals surface area contributed by atoms with Crippen LogP contribution in [-0.4, -0.2) is 70.6 Å². The highest BCUT2D eigenvalue weighted by molar-refractivity contribution is 5.87. The smallest absolute Gasteiger partial charge is 0.242 e. The Bertz CT molecular complexity index is 983. The third kappa shape index (κ3) is 5.02. The van der Waals surface area contributed by atoms with Gasteiger partial charge in [-0.15, -0.1) is 10.2 Å². The monoisotopic (exact) mass is 447 g/mol. The van der Waals surface area contributed by atoms with Gasteiger partial charge in [0, 0.05) is 43.7 Å². The number of carbonyl (C=O) groups excluding carboxylic acids is 2. The maximum Gasteiger partial charge on any atom is 0.242 e. The van der Waals surface area contributed by atoms with Crippen LogP contribution in [0.15, 0.2) is 36.4 Å². The summed E-state index contributed by atoms with van der Waals surface area (Å²) >= 11 is 0. The van der Waals surface area contributed by atoms with E-state index in [2.05, 4.69) is 46.3 Å². The van der Waals surface area contributed by atoms with Crippen molar-refractivity contribution in [1.82, 2.24) is 20.0 Å². The van der Waals surface area contributed by atoms with Crippen molar-refractivity contribution in [1.29, 1.82) is 0 Å². The normalized spacial score (nSPS) is 19.1. The molecule has 1 aromatic heterocycles. The largest absolute Gasteiger partial charge is 0.353 e. The highest BCUT2D eigenvalue weighted by Gasteiger charge is 2.39. The van der Waals surface area contributed by atoms with Gasteiger partial charge < -0.3 is 14.7 Å². The average Bonchev–Trinajstić information content (AvgIpc) is 3.64. The van der Waals surface area contributed by atoms with Gasteiger partial charge in [0.15, 0.2) is 5.82 Å². The predicted molar refractivity (Wildman–Crippen MR) is 128 cm³/mol. The molecule has 174 valence electrons. The van der Waals surface area contributed by atoms with E-state index in [1.54, 1.807) is 0 Å². The number of amides is 2. The minimum Gasteiger partial charge on any atom is -0.353 e. The van der Waals surface area contributed by atoms with Crippen LogP contribution in [0.2, 0.25) is 0 Å². The lowest BCUT2D eigenvalue weighted by molar-refractivity contribution is -0.145. The van der Waals surface area contributed by atoms with Crippen LogP contribution < -0.4 is 4.90 Å². The second kappa shape index (κ2) is 9.49. The Morgan fingerprint density at radius 3 is 2.33 bits per heavy atom. The van der Waals surface area contributed by atoms with Gasteiger partial charge >= 0.3 is 0 Å². The maximum atomic E-state index is 13.1. The molecule has 5 rings (SSSR count). The van der Waals surface area contributed by atoms with Crippen molar-refractivity contribution in [2.75, 3.05) is 37.6 Å². The molecule has 2 heterocycles. The highest BCUT2D eigenvalue weighted by atomic mass is 16.2. The van der Waals surface area contributed by atoms with E-state index < -0.39 is 0 Å². The quantitative estimate of drug-likeness (QED) is 0.680. The van der Waals surface area contributed by atoms with Gasteiger partial charge in [0.25, 0.3) is 0 Å². The van der Waals surface area contributed by atoms with Crippen LogP contribution in [-0.2, 0) is 9.59 Å². The van der Waals surface area contributed by atoms with E-state index in [0.29, 0.717) is 6.54 Å². The summed E-state index contributed by atoms with van der Waals surface area (Å²) in [5, 5.41) is 8.91. The fourth-order valence-electron chi connectivity index (χ4n) is 4.68. The molecule has 7 nitrogen and oxygen atoms in total. The van der Waals surface area contributed by atoms with Crippen LogP contribution >= 0.6 is 0 Å². The summed E-state index contributed by atoms with van der Waals surface area (Å²) in [6.45, 7) is 5.25. The van der Waals surface area contributed by atoms with Gasteiger partial charge in [0.1, 0.15) is 6.54 Å². The van der Waals surface area contributed by atoms with Gasteiger partial charge in [0.05, 0.1) is 5.69 Å². The minimum absolute atomic E-state index is 0.0808. The van der Waals surface area contributed by atoms with Crippen LogP contribution in [0.1, 0.15) is 44.1 Å². The summed E-state index contributed by atoms with van der Waals surface area (Å²) in [5.41, 5.74) is 3.14. The van der Waals surface area contributed by atoms with E-state index in [0.717, 1.165) is 75.2 Å². The van der Waals surface area contributed by atoms with E-state index in [4.69, 9.17) is 0 Å². The lowest BCUT2D eigenvalue weighted by Gasteiger charge is -2.33. The van der Waals surface area contributed by atoms with Crippen molar-refractivity contribution in [3.05, 3.63) is 42.0 Å². The van der Waals surface area contributed by atoms with Gasteiger partial charge in [-0.2, -0.15) is 0 Å². The van der Waals surface area contributed by atoms with Crippen molar-refractivity contribution in [2.24, 2.45) is 5.92 Å². The summed E-state index contributed by atoms with van der Waals surface area (Å²) in [6.07, 6.45) is 6.07. The van der Waals surface area contributed by atoms with Crippen LogP contribution in [0.3, 0.4) is 0 Å². The zero-order valence-corrected chi connectivity index (χ0v) is 19.4. The molecule has 1 saturated heterocycles. The van der Waals surface area contributed by atoms with Gasteiger partial charge in [0.2, 0.25) is 11.8 Å². The average molecular weight is 448 g/mol. The number of aromatic nitrogens is 2. The van der Waals surface area contributed by atoms with Crippen molar-refractivity contribution in [3.8, 4) is 11.3 Å². The fourth-order valence-corrected chi connectivity index (χ4v) is 4.68. The van der Waals surface area contributed by atoms with Crippen molar-refractivity contribution < 1.29 is 9.59 Å². The molecule has 2 saturated carbocycles.